The number of methoxy groups -OCH3 is 1. The van der Waals surface area contributed by atoms with Crippen molar-refractivity contribution in [3.63, 3.8) is 0 Å². The number of rotatable bonds is 6. The number of piperidine rings is 2. The number of nitrogens with zero attached hydrogens (tertiary/aromatic N) is 3. The molecule has 0 aliphatic carbocycles. The maximum Gasteiger partial charge on any atom is 0.249 e. The minimum atomic E-state index is -3.60. The van der Waals surface area contributed by atoms with Gasteiger partial charge in [-0.2, -0.15) is 4.31 Å². The Balaban J connectivity index is 1.32. The van der Waals surface area contributed by atoms with Gasteiger partial charge in [-0.25, -0.2) is 8.42 Å². The topological polar surface area (TPSA) is 102 Å². The molecule has 0 aromatic carbocycles. The molecule has 3 atom stereocenters. The first-order valence-corrected chi connectivity index (χ1v) is 12.1. The van der Waals surface area contributed by atoms with Crippen molar-refractivity contribution in [1.29, 1.82) is 0 Å². The van der Waals surface area contributed by atoms with Gasteiger partial charge in [0.25, 0.3) is 0 Å². The van der Waals surface area contributed by atoms with Crippen LogP contribution in [0.2, 0.25) is 0 Å². The Morgan fingerprint density at radius 1 is 1.10 bits per heavy atom. The zero-order valence-corrected chi connectivity index (χ0v) is 18.7. The fraction of sp³-hybridized carbons (Fsp3) is 0.800. The molecule has 30 heavy (non-hydrogen) atoms. The Hall–Kier alpha value is -1.49. The van der Waals surface area contributed by atoms with Gasteiger partial charge in [0.1, 0.15) is 17.2 Å². The van der Waals surface area contributed by atoms with Crippen molar-refractivity contribution in [2.75, 3.05) is 26.8 Å². The third-order valence-electron chi connectivity index (χ3n) is 6.60. The molecule has 0 N–H and O–H groups in total. The molecule has 0 radical (unpaired) electrons. The van der Waals surface area contributed by atoms with Crippen LogP contribution in [-0.4, -0.2) is 79.8 Å². The number of amides is 1. The van der Waals surface area contributed by atoms with E-state index in [-0.39, 0.29) is 41.7 Å². The molecule has 0 spiro atoms. The lowest BCUT2D eigenvalue weighted by Crippen LogP contribution is -2.50. The first-order valence-electron chi connectivity index (χ1n) is 10.7. The molecule has 1 unspecified atom stereocenters. The number of aromatic nitrogens is 1. The van der Waals surface area contributed by atoms with Crippen LogP contribution in [-0.2, 0) is 24.3 Å². The fourth-order valence-corrected chi connectivity index (χ4v) is 7.06. The minimum Gasteiger partial charge on any atom is -0.375 e. The summed E-state index contributed by atoms with van der Waals surface area (Å²) in [6, 6.07) is 0.466. The number of ether oxygens (including phenoxy) is 2. The molecule has 4 rings (SSSR count). The molecule has 1 amide bonds. The summed E-state index contributed by atoms with van der Waals surface area (Å²) < 4.78 is 43.9. The van der Waals surface area contributed by atoms with Gasteiger partial charge in [-0.3, -0.25) is 4.79 Å². The summed E-state index contributed by atoms with van der Waals surface area (Å²) in [5.41, 5.74) is 0.399. The van der Waals surface area contributed by atoms with Crippen molar-refractivity contribution in [3.8, 4) is 0 Å². The van der Waals surface area contributed by atoms with Crippen molar-refractivity contribution in [2.45, 2.75) is 81.6 Å². The molecule has 1 aromatic heterocycles. The summed E-state index contributed by atoms with van der Waals surface area (Å²) in [5.74, 6) is 0.400. The zero-order valence-electron chi connectivity index (χ0n) is 17.9. The second-order valence-electron chi connectivity index (χ2n) is 8.61. The highest BCUT2D eigenvalue weighted by Gasteiger charge is 2.44. The molecule has 3 fully saturated rings. The second-order valence-corrected chi connectivity index (χ2v) is 10.5. The molecule has 0 saturated carbocycles. The van der Waals surface area contributed by atoms with Crippen molar-refractivity contribution in [3.05, 3.63) is 11.5 Å². The molecular formula is C20H31N3O6S. The fourth-order valence-electron chi connectivity index (χ4n) is 5.30. The third-order valence-corrected chi connectivity index (χ3v) is 8.74. The summed E-state index contributed by atoms with van der Waals surface area (Å²) in [6.07, 6.45) is 5.26. The molecule has 168 valence electrons. The van der Waals surface area contributed by atoms with Crippen molar-refractivity contribution in [2.24, 2.45) is 0 Å². The van der Waals surface area contributed by atoms with Gasteiger partial charge >= 0.3 is 0 Å². The molecule has 3 saturated heterocycles. The number of hydrogen-bond donors (Lipinski definition) is 0. The standard InChI is InChI=1S/C20H31N3O6S/c1-13-20(14(2)29-21-13)30(25,26)22-8-6-17(7-9-22)28-18-10-15-4-5-16(11-18)23(15)19(24)12-27-3/h15-18H,4-12H2,1-3H3/t15-,16+,18?. The average Bonchev–Trinajstić information content (AvgIpc) is 3.18. The van der Waals surface area contributed by atoms with Gasteiger partial charge in [0, 0.05) is 32.3 Å². The minimum absolute atomic E-state index is 0.0479. The van der Waals surface area contributed by atoms with E-state index in [0.29, 0.717) is 37.4 Å². The largest absolute Gasteiger partial charge is 0.375 e. The lowest BCUT2D eigenvalue weighted by atomic mass is 9.98. The summed E-state index contributed by atoms with van der Waals surface area (Å²) in [5, 5.41) is 3.78. The van der Waals surface area contributed by atoms with E-state index in [1.807, 2.05) is 4.90 Å². The Labute approximate surface area is 177 Å². The van der Waals surface area contributed by atoms with Crippen molar-refractivity contribution in [1.82, 2.24) is 14.4 Å². The Bertz CT molecular complexity index is 844. The Morgan fingerprint density at radius 2 is 1.73 bits per heavy atom. The Morgan fingerprint density at radius 3 is 2.27 bits per heavy atom. The van der Waals surface area contributed by atoms with Gasteiger partial charge in [0.15, 0.2) is 5.76 Å². The smallest absolute Gasteiger partial charge is 0.249 e. The molecule has 3 aliphatic heterocycles. The van der Waals surface area contributed by atoms with Gasteiger partial charge in [-0.1, -0.05) is 5.16 Å². The van der Waals surface area contributed by atoms with Crippen LogP contribution < -0.4 is 0 Å². The van der Waals surface area contributed by atoms with Crippen LogP contribution in [0.15, 0.2) is 9.42 Å². The number of hydrogen-bond acceptors (Lipinski definition) is 7. The normalized spacial score (nSPS) is 28.2. The van der Waals surface area contributed by atoms with Gasteiger partial charge in [-0.15, -0.1) is 0 Å². The lowest BCUT2D eigenvalue weighted by Gasteiger charge is -2.41. The Kier molecular flexibility index (Phi) is 6.20. The van der Waals surface area contributed by atoms with Crippen molar-refractivity contribution >= 4 is 15.9 Å². The van der Waals surface area contributed by atoms with Crippen LogP contribution in [0.3, 0.4) is 0 Å². The quantitative estimate of drug-likeness (QED) is 0.661. The van der Waals surface area contributed by atoms with Crippen LogP contribution in [0.5, 0.6) is 0 Å². The molecule has 3 aliphatic rings. The van der Waals surface area contributed by atoms with E-state index in [9.17, 15) is 13.2 Å². The van der Waals surface area contributed by atoms with E-state index < -0.39 is 10.0 Å². The van der Waals surface area contributed by atoms with E-state index in [0.717, 1.165) is 25.7 Å². The highest BCUT2D eigenvalue weighted by molar-refractivity contribution is 7.89. The highest BCUT2D eigenvalue weighted by atomic mass is 32.2. The van der Waals surface area contributed by atoms with Gasteiger partial charge in [0.2, 0.25) is 15.9 Å². The third kappa shape index (κ3) is 4.02. The number of carbonyl (C=O) groups is 1. The molecule has 9 nitrogen and oxygen atoms in total. The molecular weight excluding hydrogens is 410 g/mol. The van der Waals surface area contributed by atoms with E-state index in [4.69, 9.17) is 14.0 Å². The molecule has 2 bridgehead atoms. The van der Waals surface area contributed by atoms with Crippen LogP contribution >= 0.6 is 0 Å². The summed E-state index contributed by atoms with van der Waals surface area (Å²) in [4.78, 5) is 14.5. The van der Waals surface area contributed by atoms with Crippen LogP contribution in [0.4, 0.5) is 0 Å². The molecule has 10 heteroatoms. The predicted molar refractivity (Wildman–Crippen MR) is 107 cm³/mol. The van der Waals surface area contributed by atoms with E-state index in [1.165, 1.54) is 4.31 Å². The number of aryl methyl sites for hydroxylation is 2. The number of carbonyl (C=O) groups excluding carboxylic acids is 1. The SMILES string of the molecule is COCC(=O)N1[C@@H]2CC[C@H]1CC(OC1CCN(S(=O)(=O)c3c(C)noc3C)CC1)C2. The van der Waals surface area contributed by atoms with Crippen LogP contribution in [0.1, 0.15) is 50.0 Å². The van der Waals surface area contributed by atoms with Crippen LogP contribution in [0.25, 0.3) is 0 Å². The number of sulfonamides is 1. The van der Waals surface area contributed by atoms with E-state index in [2.05, 4.69) is 5.16 Å². The van der Waals surface area contributed by atoms with Gasteiger partial charge in [0.05, 0.1) is 12.2 Å². The summed E-state index contributed by atoms with van der Waals surface area (Å²) >= 11 is 0. The van der Waals surface area contributed by atoms with E-state index in [1.54, 1.807) is 21.0 Å². The second kappa shape index (κ2) is 8.57. The predicted octanol–water partition coefficient (Wildman–Crippen LogP) is 1.63. The average molecular weight is 442 g/mol. The maximum absolute atomic E-state index is 13.0. The van der Waals surface area contributed by atoms with Gasteiger partial charge in [-0.05, 0) is 52.4 Å². The summed E-state index contributed by atoms with van der Waals surface area (Å²) in [6.45, 7) is 4.26. The maximum atomic E-state index is 13.0. The summed E-state index contributed by atoms with van der Waals surface area (Å²) in [7, 11) is -2.05. The highest BCUT2D eigenvalue weighted by Crippen LogP contribution is 2.38. The first kappa shape index (κ1) is 21.7. The van der Waals surface area contributed by atoms with Crippen LogP contribution in [0, 0.1) is 13.8 Å². The zero-order chi connectivity index (χ0) is 21.5. The van der Waals surface area contributed by atoms with Crippen molar-refractivity contribution < 1.29 is 27.2 Å². The lowest BCUT2D eigenvalue weighted by molar-refractivity contribution is -0.144. The molecule has 1 aromatic rings. The first-order chi connectivity index (χ1) is 14.3. The molecule has 4 heterocycles. The monoisotopic (exact) mass is 441 g/mol. The number of fused-ring (bicyclic) bond motifs is 2. The van der Waals surface area contributed by atoms with E-state index >= 15 is 0 Å². The van der Waals surface area contributed by atoms with Gasteiger partial charge < -0.3 is 18.9 Å².